The van der Waals surface area contributed by atoms with E-state index in [1.165, 1.54) is 6.92 Å². The summed E-state index contributed by atoms with van der Waals surface area (Å²) in [4.78, 5) is 10.6. The molecule has 0 aromatic carbocycles. The molecule has 0 bridgehead atoms. The van der Waals surface area contributed by atoms with Crippen molar-refractivity contribution in [3.8, 4) is 0 Å². The lowest BCUT2D eigenvalue weighted by Crippen LogP contribution is -2.53. The van der Waals surface area contributed by atoms with E-state index in [-0.39, 0.29) is 18.1 Å². The fraction of sp³-hybridized carbons (Fsp3) is 0.857. The molecule has 0 aliphatic carbocycles. The van der Waals surface area contributed by atoms with Gasteiger partial charge in [-0.1, -0.05) is 0 Å². The monoisotopic (exact) mass is 158 g/mol. The van der Waals surface area contributed by atoms with Gasteiger partial charge in [0.25, 0.3) is 0 Å². The van der Waals surface area contributed by atoms with Crippen LogP contribution in [-0.4, -0.2) is 36.2 Å². The molecule has 1 saturated heterocycles. The first-order chi connectivity index (χ1) is 5.20. The number of carbonyl (C=O) groups excluding carboxylic acids is 1. The Morgan fingerprint density at radius 1 is 1.73 bits per heavy atom. The Hall–Kier alpha value is -0.610. The van der Waals surface area contributed by atoms with Gasteiger partial charge in [0, 0.05) is 13.5 Å². The smallest absolute Gasteiger partial charge is 0.217 e. The van der Waals surface area contributed by atoms with Crippen molar-refractivity contribution in [1.82, 2.24) is 10.6 Å². The molecular weight excluding hydrogens is 144 g/mol. The number of aliphatic hydroxyl groups is 1. The summed E-state index contributed by atoms with van der Waals surface area (Å²) in [5.41, 5.74) is 0. The molecule has 2 atom stereocenters. The van der Waals surface area contributed by atoms with Crippen molar-refractivity contribution in [3.05, 3.63) is 0 Å². The number of aliphatic hydroxyl groups excluding tert-OH is 1. The number of piperidine rings is 1. The summed E-state index contributed by atoms with van der Waals surface area (Å²) in [7, 11) is 0. The second kappa shape index (κ2) is 3.69. The number of hydrogen-bond donors (Lipinski definition) is 3. The Balaban J connectivity index is 2.35. The third-order valence-electron chi connectivity index (χ3n) is 1.83. The summed E-state index contributed by atoms with van der Waals surface area (Å²) in [6.45, 7) is 2.96. The number of nitrogens with one attached hydrogen (secondary N) is 2. The Morgan fingerprint density at radius 2 is 2.45 bits per heavy atom. The van der Waals surface area contributed by atoms with Gasteiger partial charge in [-0.3, -0.25) is 4.79 Å². The molecule has 1 amide bonds. The third kappa shape index (κ3) is 2.48. The van der Waals surface area contributed by atoms with Crippen LogP contribution >= 0.6 is 0 Å². The van der Waals surface area contributed by atoms with Crippen LogP contribution in [0.1, 0.15) is 13.3 Å². The molecule has 0 aromatic rings. The lowest BCUT2D eigenvalue weighted by atomic mass is 10.0. The highest BCUT2D eigenvalue weighted by molar-refractivity contribution is 5.73. The number of hydrogen-bond acceptors (Lipinski definition) is 3. The van der Waals surface area contributed by atoms with Gasteiger partial charge >= 0.3 is 0 Å². The van der Waals surface area contributed by atoms with Crippen molar-refractivity contribution in [2.75, 3.05) is 13.1 Å². The maximum Gasteiger partial charge on any atom is 0.217 e. The summed E-state index contributed by atoms with van der Waals surface area (Å²) in [5, 5.41) is 15.1. The molecule has 0 radical (unpaired) electrons. The first-order valence-corrected chi connectivity index (χ1v) is 3.86. The van der Waals surface area contributed by atoms with Crippen LogP contribution in [0.4, 0.5) is 0 Å². The normalized spacial score (nSPS) is 31.5. The largest absolute Gasteiger partial charge is 0.391 e. The number of rotatable bonds is 1. The predicted molar refractivity (Wildman–Crippen MR) is 41.1 cm³/mol. The molecule has 1 rings (SSSR count). The first kappa shape index (κ1) is 8.49. The van der Waals surface area contributed by atoms with Gasteiger partial charge in [-0.2, -0.15) is 0 Å². The lowest BCUT2D eigenvalue weighted by molar-refractivity contribution is -0.120. The van der Waals surface area contributed by atoms with Gasteiger partial charge in [0.1, 0.15) is 0 Å². The molecule has 4 nitrogen and oxygen atoms in total. The van der Waals surface area contributed by atoms with Gasteiger partial charge in [-0.05, 0) is 13.0 Å². The highest BCUT2D eigenvalue weighted by Crippen LogP contribution is 2.02. The Kier molecular flexibility index (Phi) is 2.84. The molecule has 0 aromatic heterocycles. The summed E-state index contributed by atoms with van der Waals surface area (Å²) in [5.74, 6) is -0.0854. The maximum absolute atomic E-state index is 10.6. The zero-order chi connectivity index (χ0) is 8.27. The lowest BCUT2D eigenvalue weighted by Gasteiger charge is -2.28. The maximum atomic E-state index is 10.6. The van der Waals surface area contributed by atoms with E-state index < -0.39 is 0 Å². The minimum atomic E-state index is -0.389. The predicted octanol–water partition coefficient (Wildman–Crippen LogP) is -1.15. The second-order valence-electron chi connectivity index (χ2n) is 2.87. The molecule has 3 N–H and O–H groups in total. The van der Waals surface area contributed by atoms with Gasteiger partial charge in [-0.15, -0.1) is 0 Å². The number of carbonyl (C=O) groups is 1. The van der Waals surface area contributed by atoms with Crippen LogP contribution in [0, 0.1) is 0 Å². The van der Waals surface area contributed by atoms with Crippen molar-refractivity contribution >= 4 is 5.91 Å². The topological polar surface area (TPSA) is 61.4 Å². The standard InChI is InChI=1S/C7H14N2O2/c1-5(10)9-6-4-8-3-2-7(6)11/h6-8,11H,2-4H2,1H3,(H,9,10). The van der Waals surface area contributed by atoms with Gasteiger partial charge in [0.05, 0.1) is 12.1 Å². The molecule has 0 spiro atoms. The van der Waals surface area contributed by atoms with Crippen molar-refractivity contribution in [1.29, 1.82) is 0 Å². The third-order valence-corrected chi connectivity index (χ3v) is 1.83. The van der Waals surface area contributed by atoms with Crippen LogP contribution in [0.15, 0.2) is 0 Å². The highest BCUT2D eigenvalue weighted by Gasteiger charge is 2.22. The first-order valence-electron chi connectivity index (χ1n) is 3.86. The molecule has 11 heavy (non-hydrogen) atoms. The fourth-order valence-corrected chi connectivity index (χ4v) is 1.25. The van der Waals surface area contributed by atoms with Crippen molar-refractivity contribution < 1.29 is 9.90 Å². The van der Waals surface area contributed by atoms with Crippen molar-refractivity contribution in [2.45, 2.75) is 25.5 Å². The van der Waals surface area contributed by atoms with Gasteiger partial charge < -0.3 is 15.7 Å². The summed E-state index contributed by atoms with van der Waals surface area (Å²) in [6, 6.07) is -0.110. The summed E-state index contributed by atoms with van der Waals surface area (Å²) in [6.07, 6.45) is 0.324. The summed E-state index contributed by atoms with van der Waals surface area (Å²) >= 11 is 0. The van der Waals surface area contributed by atoms with E-state index in [2.05, 4.69) is 10.6 Å². The molecule has 1 heterocycles. The molecule has 2 unspecified atom stereocenters. The van der Waals surface area contributed by atoms with E-state index in [1.807, 2.05) is 0 Å². The Labute approximate surface area is 66.0 Å². The zero-order valence-electron chi connectivity index (χ0n) is 6.63. The molecule has 64 valence electrons. The Morgan fingerprint density at radius 3 is 3.00 bits per heavy atom. The van der Waals surface area contributed by atoms with Crippen LogP contribution in [-0.2, 0) is 4.79 Å². The van der Waals surface area contributed by atoms with Crippen LogP contribution in [0.25, 0.3) is 0 Å². The molecule has 4 heteroatoms. The average Bonchev–Trinajstić information content (AvgIpc) is 1.93. The van der Waals surface area contributed by atoms with Crippen molar-refractivity contribution in [3.63, 3.8) is 0 Å². The molecule has 1 aliphatic rings. The van der Waals surface area contributed by atoms with Gasteiger partial charge in [-0.25, -0.2) is 0 Å². The van der Waals surface area contributed by atoms with E-state index in [9.17, 15) is 9.90 Å². The van der Waals surface area contributed by atoms with Crippen LogP contribution in [0.2, 0.25) is 0 Å². The van der Waals surface area contributed by atoms with Crippen LogP contribution in [0.3, 0.4) is 0 Å². The molecule has 0 saturated carbocycles. The van der Waals surface area contributed by atoms with Gasteiger partial charge in [0.2, 0.25) is 5.91 Å². The second-order valence-corrected chi connectivity index (χ2v) is 2.87. The summed E-state index contributed by atoms with van der Waals surface area (Å²) < 4.78 is 0. The van der Waals surface area contributed by atoms with Crippen LogP contribution in [0.5, 0.6) is 0 Å². The van der Waals surface area contributed by atoms with E-state index in [1.54, 1.807) is 0 Å². The zero-order valence-corrected chi connectivity index (χ0v) is 6.63. The van der Waals surface area contributed by atoms with Gasteiger partial charge in [0.15, 0.2) is 0 Å². The average molecular weight is 158 g/mol. The van der Waals surface area contributed by atoms with E-state index in [0.29, 0.717) is 13.0 Å². The van der Waals surface area contributed by atoms with Crippen molar-refractivity contribution in [2.24, 2.45) is 0 Å². The van der Waals surface area contributed by atoms with Crippen LogP contribution < -0.4 is 10.6 Å². The molecule has 1 aliphatic heterocycles. The highest BCUT2D eigenvalue weighted by atomic mass is 16.3. The SMILES string of the molecule is CC(=O)NC1CNCCC1O. The quantitative estimate of drug-likeness (QED) is 0.451. The van der Waals surface area contributed by atoms with E-state index >= 15 is 0 Å². The minimum Gasteiger partial charge on any atom is -0.391 e. The van der Waals surface area contributed by atoms with E-state index in [0.717, 1.165) is 6.54 Å². The van der Waals surface area contributed by atoms with E-state index in [4.69, 9.17) is 0 Å². The Bertz CT molecular complexity index is 149. The fourth-order valence-electron chi connectivity index (χ4n) is 1.25. The minimum absolute atomic E-state index is 0.0854. The molecule has 1 fully saturated rings. The number of amides is 1. The molecular formula is C7H14N2O2.